The minimum absolute atomic E-state index is 0.167. The standard InChI is InChI=1S/C15H26F7N3O3S/c1-23(2)7-5-9-25(10-6-8-24(3)4)29(27,28)12(26)11-13(16,14(17,18)19)15(20,21)22/h5-11H2,1-4H3. The van der Waals surface area contributed by atoms with Crippen LogP contribution in [0.15, 0.2) is 0 Å². The van der Waals surface area contributed by atoms with Gasteiger partial charge in [-0.3, -0.25) is 4.79 Å². The summed E-state index contributed by atoms with van der Waals surface area (Å²) in [4.78, 5) is 15.3. The lowest BCUT2D eigenvalue weighted by molar-refractivity contribution is -0.340. The summed E-state index contributed by atoms with van der Waals surface area (Å²) in [7, 11) is 1.43. The second-order valence-electron chi connectivity index (χ2n) is 7.06. The van der Waals surface area contributed by atoms with Gasteiger partial charge in [0.2, 0.25) is 0 Å². The van der Waals surface area contributed by atoms with Crippen molar-refractivity contribution in [3.8, 4) is 0 Å². The first-order valence-corrected chi connectivity index (χ1v) is 9.95. The molecular weight excluding hydrogens is 435 g/mol. The van der Waals surface area contributed by atoms with Crippen molar-refractivity contribution in [1.82, 2.24) is 14.1 Å². The topological polar surface area (TPSA) is 60.9 Å². The quantitative estimate of drug-likeness (QED) is 0.442. The zero-order chi connectivity index (χ0) is 23.3. The molecule has 0 spiro atoms. The summed E-state index contributed by atoms with van der Waals surface area (Å²) < 4.78 is 115. The minimum Gasteiger partial charge on any atom is -0.309 e. The summed E-state index contributed by atoms with van der Waals surface area (Å²) in [6.07, 6.45) is -15.6. The minimum atomic E-state index is -6.50. The number of hydrogen-bond donors (Lipinski definition) is 0. The first kappa shape index (κ1) is 28.0. The van der Waals surface area contributed by atoms with Gasteiger partial charge in [0.05, 0.1) is 6.42 Å². The van der Waals surface area contributed by atoms with Gasteiger partial charge in [0.25, 0.3) is 15.1 Å². The Kier molecular flexibility index (Phi) is 10.0. The molecule has 29 heavy (non-hydrogen) atoms. The fourth-order valence-electron chi connectivity index (χ4n) is 2.27. The largest absolute Gasteiger partial charge is 0.432 e. The third-order valence-electron chi connectivity index (χ3n) is 3.94. The Morgan fingerprint density at radius 1 is 0.724 bits per heavy atom. The molecule has 14 heteroatoms. The molecule has 0 rings (SSSR count). The normalized spacial score (nSPS) is 14.3. The van der Waals surface area contributed by atoms with Crippen molar-refractivity contribution in [2.24, 2.45) is 0 Å². The SMILES string of the molecule is CN(C)CCCN(CCCN(C)C)S(=O)(=O)C(=O)CC(F)(C(F)(F)F)C(F)(F)F. The highest BCUT2D eigenvalue weighted by atomic mass is 32.2. The Labute approximate surface area is 165 Å². The molecule has 0 aromatic heterocycles. The molecule has 0 amide bonds. The molecule has 0 aromatic rings. The molecule has 6 nitrogen and oxygen atoms in total. The lowest BCUT2D eigenvalue weighted by Crippen LogP contribution is -2.55. The molecule has 0 radical (unpaired) electrons. The van der Waals surface area contributed by atoms with Crippen molar-refractivity contribution in [3.63, 3.8) is 0 Å². The molecule has 0 aliphatic carbocycles. The maximum Gasteiger partial charge on any atom is 0.432 e. The van der Waals surface area contributed by atoms with Gasteiger partial charge < -0.3 is 9.80 Å². The number of carbonyl (C=O) groups excluding carboxylic acids is 1. The van der Waals surface area contributed by atoms with Gasteiger partial charge in [-0.25, -0.2) is 12.8 Å². The van der Waals surface area contributed by atoms with Gasteiger partial charge in [0.1, 0.15) is 0 Å². The smallest absolute Gasteiger partial charge is 0.309 e. The van der Waals surface area contributed by atoms with Crippen LogP contribution in [-0.2, 0) is 14.8 Å². The Balaban J connectivity index is 5.64. The first-order valence-electron chi connectivity index (χ1n) is 8.51. The molecule has 0 bridgehead atoms. The van der Waals surface area contributed by atoms with Crippen LogP contribution in [0, 0.1) is 0 Å². The van der Waals surface area contributed by atoms with E-state index in [9.17, 15) is 43.9 Å². The van der Waals surface area contributed by atoms with Crippen molar-refractivity contribution < 1.29 is 43.9 Å². The highest BCUT2D eigenvalue weighted by Gasteiger charge is 2.73. The van der Waals surface area contributed by atoms with Crippen molar-refractivity contribution in [1.29, 1.82) is 0 Å². The highest BCUT2D eigenvalue weighted by molar-refractivity contribution is 8.04. The van der Waals surface area contributed by atoms with Gasteiger partial charge >= 0.3 is 18.0 Å². The molecule has 0 unspecified atom stereocenters. The van der Waals surface area contributed by atoms with Crippen LogP contribution in [0.25, 0.3) is 0 Å². The maximum atomic E-state index is 13.8. The van der Waals surface area contributed by atoms with E-state index in [1.54, 1.807) is 38.0 Å². The Hall–Kier alpha value is -0.990. The van der Waals surface area contributed by atoms with Crippen molar-refractivity contribution in [2.75, 3.05) is 54.4 Å². The van der Waals surface area contributed by atoms with Crippen molar-refractivity contribution >= 4 is 15.1 Å². The Morgan fingerprint density at radius 2 is 1.07 bits per heavy atom. The van der Waals surface area contributed by atoms with Crippen LogP contribution in [-0.4, -0.2) is 100 Å². The van der Waals surface area contributed by atoms with E-state index >= 15 is 0 Å². The summed E-state index contributed by atoms with van der Waals surface area (Å²) in [5.41, 5.74) is -5.96. The maximum absolute atomic E-state index is 13.8. The zero-order valence-electron chi connectivity index (χ0n) is 16.6. The van der Waals surface area contributed by atoms with Gasteiger partial charge in [-0.05, 0) is 54.1 Å². The van der Waals surface area contributed by atoms with E-state index in [4.69, 9.17) is 0 Å². The van der Waals surface area contributed by atoms with Gasteiger partial charge in [-0.15, -0.1) is 0 Å². The summed E-state index contributed by atoms with van der Waals surface area (Å²) in [6.45, 7) is 0.0894. The molecule has 0 fully saturated rings. The summed E-state index contributed by atoms with van der Waals surface area (Å²) in [5, 5.41) is -2.47. The molecule has 0 heterocycles. The highest BCUT2D eigenvalue weighted by Crippen LogP contribution is 2.48. The average molecular weight is 461 g/mol. The fraction of sp³-hybridized carbons (Fsp3) is 0.933. The van der Waals surface area contributed by atoms with E-state index in [1.165, 1.54) is 0 Å². The third-order valence-corrected chi connectivity index (χ3v) is 5.70. The third kappa shape index (κ3) is 7.98. The van der Waals surface area contributed by atoms with Crippen molar-refractivity contribution in [3.05, 3.63) is 0 Å². The predicted octanol–water partition coefficient (Wildman–Crippen LogP) is 2.27. The number of rotatable bonds is 11. The molecule has 174 valence electrons. The number of nitrogens with zero attached hydrogens (tertiary/aromatic N) is 3. The number of sulfonamides is 1. The molecule has 0 aliphatic rings. The second-order valence-corrected chi connectivity index (χ2v) is 8.99. The van der Waals surface area contributed by atoms with E-state index in [1.807, 2.05) is 0 Å². The Bertz CT molecular complexity index is 606. The molecule has 0 atom stereocenters. The average Bonchev–Trinajstić information content (AvgIpc) is 2.50. The number of alkyl halides is 7. The number of hydrogen-bond acceptors (Lipinski definition) is 5. The van der Waals surface area contributed by atoms with Gasteiger partial charge in [-0.1, -0.05) is 0 Å². The summed E-state index contributed by atoms with van der Waals surface area (Å²) >= 11 is 0. The first-order chi connectivity index (χ1) is 12.9. The van der Waals surface area contributed by atoms with E-state index in [-0.39, 0.29) is 25.9 Å². The molecular formula is C15H26F7N3O3S. The molecule has 0 aliphatic heterocycles. The number of halogens is 7. The lowest BCUT2D eigenvalue weighted by atomic mass is 10.0. The zero-order valence-corrected chi connectivity index (χ0v) is 17.4. The number of carbonyl (C=O) groups is 1. The van der Waals surface area contributed by atoms with E-state index in [0.29, 0.717) is 17.4 Å². The van der Waals surface area contributed by atoms with Crippen LogP contribution in [0.3, 0.4) is 0 Å². The molecule has 0 N–H and O–H groups in total. The van der Waals surface area contributed by atoms with Crippen LogP contribution in [0.2, 0.25) is 0 Å². The van der Waals surface area contributed by atoms with Gasteiger partial charge in [-0.2, -0.15) is 30.6 Å². The second kappa shape index (κ2) is 10.4. The van der Waals surface area contributed by atoms with E-state index in [0.717, 1.165) is 0 Å². The van der Waals surface area contributed by atoms with Crippen LogP contribution in [0.1, 0.15) is 19.3 Å². The predicted molar refractivity (Wildman–Crippen MR) is 92.4 cm³/mol. The lowest BCUT2D eigenvalue weighted by Gasteiger charge is -2.30. The van der Waals surface area contributed by atoms with Crippen molar-refractivity contribution in [2.45, 2.75) is 37.3 Å². The molecule has 0 saturated carbocycles. The Morgan fingerprint density at radius 3 is 1.34 bits per heavy atom. The van der Waals surface area contributed by atoms with Gasteiger partial charge in [0, 0.05) is 13.1 Å². The molecule has 0 aromatic carbocycles. The molecule has 0 saturated heterocycles. The fourth-order valence-corrected chi connectivity index (χ4v) is 3.68. The van der Waals surface area contributed by atoms with E-state index < -0.39 is 39.6 Å². The van der Waals surface area contributed by atoms with Crippen LogP contribution >= 0.6 is 0 Å². The van der Waals surface area contributed by atoms with Gasteiger partial charge in [0.15, 0.2) is 0 Å². The van der Waals surface area contributed by atoms with Crippen LogP contribution < -0.4 is 0 Å². The van der Waals surface area contributed by atoms with Crippen LogP contribution in [0.5, 0.6) is 0 Å². The summed E-state index contributed by atoms with van der Waals surface area (Å²) in [5.74, 6) is 0. The monoisotopic (exact) mass is 461 g/mol. The van der Waals surface area contributed by atoms with Crippen LogP contribution in [0.4, 0.5) is 30.7 Å². The summed E-state index contributed by atoms with van der Waals surface area (Å²) in [6, 6.07) is 0. The van der Waals surface area contributed by atoms with E-state index in [2.05, 4.69) is 0 Å².